The van der Waals surface area contributed by atoms with Crippen LogP contribution in [-0.4, -0.2) is 13.4 Å². The highest BCUT2D eigenvalue weighted by molar-refractivity contribution is 8.01. The van der Waals surface area contributed by atoms with E-state index in [4.69, 9.17) is 9.47 Å². The standard InChI is InChI=1S/C48H28B2O2S2/c1-3-13-29(14-4-1)31-23-41-47-45(25-31)53-43-28-44-38(27-37(43)49(47)35-19-9-11-21-39(35)51-41)50-36-20-10-12-22-40(36)52-42-24-32(26-46(54-44)48(42)50)34-18-8-7-17-33(34)30-15-5-2-6-16-30/h1-28H. The number of hydrogen-bond donors (Lipinski definition) is 0. The van der Waals surface area contributed by atoms with E-state index in [0.717, 1.165) is 23.0 Å². The summed E-state index contributed by atoms with van der Waals surface area (Å²) in [7, 11) is 0. The Balaban J connectivity index is 1.06. The molecule has 0 saturated heterocycles. The van der Waals surface area contributed by atoms with E-state index in [9.17, 15) is 0 Å². The zero-order valence-corrected chi connectivity index (χ0v) is 30.6. The molecule has 0 N–H and O–H groups in total. The Morgan fingerprint density at radius 2 is 0.778 bits per heavy atom. The van der Waals surface area contributed by atoms with Crippen molar-refractivity contribution in [2.75, 3.05) is 0 Å². The molecule has 0 amide bonds. The lowest BCUT2D eigenvalue weighted by molar-refractivity contribution is 0.486. The van der Waals surface area contributed by atoms with Gasteiger partial charge in [-0.05, 0) is 97.7 Å². The second-order valence-corrected chi connectivity index (χ2v) is 16.5. The molecule has 0 atom stereocenters. The summed E-state index contributed by atoms with van der Waals surface area (Å²) in [6, 6.07) is 61.5. The zero-order chi connectivity index (χ0) is 35.3. The van der Waals surface area contributed by atoms with Crippen molar-refractivity contribution in [2.45, 2.75) is 19.6 Å². The largest absolute Gasteiger partial charge is 0.458 e. The number of fused-ring (bicyclic) bond motifs is 8. The average Bonchev–Trinajstić information content (AvgIpc) is 3.23. The molecule has 0 spiro atoms. The second-order valence-electron chi connectivity index (χ2n) is 14.3. The van der Waals surface area contributed by atoms with Crippen molar-refractivity contribution in [3.63, 3.8) is 0 Å². The van der Waals surface area contributed by atoms with E-state index < -0.39 is 0 Å². The number of ether oxygens (including phenoxy) is 2. The first kappa shape index (κ1) is 30.6. The summed E-state index contributed by atoms with van der Waals surface area (Å²) < 4.78 is 13.6. The number of para-hydroxylation sites is 2. The molecule has 54 heavy (non-hydrogen) atoms. The number of hydrogen-bond acceptors (Lipinski definition) is 4. The second kappa shape index (κ2) is 11.8. The Hall–Kier alpha value is -5.81. The molecule has 0 aromatic heterocycles. The van der Waals surface area contributed by atoms with Gasteiger partial charge in [0.1, 0.15) is 23.0 Å². The fourth-order valence-corrected chi connectivity index (χ4v) is 11.5. The van der Waals surface area contributed by atoms with Crippen LogP contribution >= 0.6 is 23.5 Å². The van der Waals surface area contributed by atoms with Crippen LogP contribution in [0.25, 0.3) is 33.4 Å². The highest BCUT2D eigenvalue weighted by Crippen LogP contribution is 2.45. The molecular weight excluding hydrogens is 694 g/mol. The number of benzene rings is 8. The van der Waals surface area contributed by atoms with Gasteiger partial charge in [-0.15, -0.1) is 0 Å². The van der Waals surface area contributed by atoms with E-state index in [1.165, 1.54) is 85.7 Å². The minimum atomic E-state index is 0.0568. The Labute approximate surface area is 323 Å². The fourth-order valence-electron chi connectivity index (χ4n) is 8.94. The van der Waals surface area contributed by atoms with Crippen molar-refractivity contribution in [1.29, 1.82) is 0 Å². The van der Waals surface area contributed by atoms with Gasteiger partial charge in [-0.1, -0.05) is 162 Å². The normalized spacial score (nSPS) is 13.6. The van der Waals surface area contributed by atoms with Crippen molar-refractivity contribution < 1.29 is 9.47 Å². The molecule has 12 rings (SSSR count). The van der Waals surface area contributed by atoms with E-state index in [1.807, 2.05) is 23.5 Å². The molecule has 4 aliphatic rings. The third-order valence-electron chi connectivity index (χ3n) is 11.3. The van der Waals surface area contributed by atoms with Crippen LogP contribution in [0.3, 0.4) is 0 Å². The molecule has 0 saturated carbocycles. The molecule has 4 heterocycles. The summed E-state index contributed by atoms with van der Waals surface area (Å²) >= 11 is 3.76. The first-order chi connectivity index (χ1) is 26.7. The van der Waals surface area contributed by atoms with Gasteiger partial charge in [0.15, 0.2) is 0 Å². The smallest absolute Gasteiger partial charge is 0.253 e. The van der Waals surface area contributed by atoms with Crippen LogP contribution in [-0.2, 0) is 0 Å². The molecule has 6 heteroatoms. The first-order valence-corrected chi connectivity index (χ1v) is 20.0. The van der Waals surface area contributed by atoms with Gasteiger partial charge in [0.25, 0.3) is 13.4 Å². The van der Waals surface area contributed by atoms with Gasteiger partial charge >= 0.3 is 0 Å². The van der Waals surface area contributed by atoms with Crippen LogP contribution < -0.4 is 42.3 Å². The highest BCUT2D eigenvalue weighted by atomic mass is 32.2. The molecule has 0 bridgehead atoms. The summed E-state index contributed by atoms with van der Waals surface area (Å²) in [5, 5.41) is 0. The van der Waals surface area contributed by atoms with Gasteiger partial charge in [-0.2, -0.15) is 0 Å². The van der Waals surface area contributed by atoms with E-state index in [0.29, 0.717) is 0 Å². The van der Waals surface area contributed by atoms with E-state index in [-0.39, 0.29) is 13.4 Å². The fraction of sp³-hybridized carbons (Fsp3) is 0. The lowest BCUT2D eigenvalue weighted by Crippen LogP contribution is -2.62. The lowest BCUT2D eigenvalue weighted by atomic mass is 9.32. The van der Waals surface area contributed by atoms with Gasteiger partial charge in [-0.25, -0.2) is 0 Å². The molecule has 4 aliphatic heterocycles. The Morgan fingerprint density at radius 3 is 1.37 bits per heavy atom. The molecule has 8 aromatic rings. The van der Waals surface area contributed by atoms with Gasteiger partial charge in [0.05, 0.1) is 0 Å². The van der Waals surface area contributed by atoms with Crippen LogP contribution in [0.15, 0.2) is 189 Å². The summed E-state index contributed by atoms with van der Waals surface area (Å²) in [6.07, 6.45) is 0. The Kier molecular flexibility index (Phi) is 6.72. The van der Waals surface area contributed by atoms with Crippen LogP contribution in [0.2, 0.25) is 0 Å². The monoisotopic (exact) mass is 722 g/mol. The molecule has 0 fully saturated rings. The minimum absolute atomic E-state index is 0.0568. The van der Waals surface area contributed by atoms with Crippen LogP contribution in [0.1, 0.15) is 0 Å². The lowest BCUT2D eigenvalue weighted by Gasteiger charge is -2.37. The highest BCUT2D eigenvalue weighted by Gasteiger charge is 2.44. The average molecular weight is 723 g/mol. The molecule has 0 unspecified atom stereocenters. The van der Waals surface area contributed by atoms with Gasteiger partial charge in [0.2, 0.25) is 0 Å². The molecule has 8 aromatic carbocycles. The quantitative estimate of drug-likeness (QED) is 0.170. The predicted octanol–water partition coefficient (Wildman–Crippen LogP) is 8.86. The van der Waals surface area contributed by atoms with E-state index in [1.54, 1.807) is 0 Å². The first-order valence-electron chi connectivity index (χ1n) is 18.4. The Bertz CT molecular complexity index is 2860. The van der Waals surface area contributed by atoms with Gasteiger partial charge in [0, 0.05) is 19.6 Å². The molecule has 0 radical (unpaired) electrons. The summed E-state index contributed by atoms with van der Waals surface area (Å²) in [4.78, 5) is 5.13. The summed E-state index contributed by atoms with van der Waals surface area (Å²) in [5.41, 5.74) is 14.8. The number of rotatable bonds is 3. The SMILES string of the molecule is c1ccc(-c2cc3c4c(c2)Sc2cc5c(cc2B4c2ccccc2O3)B2c3ccccc3Oc3cc(-c4ccccc4-c4ccccc4)cc(c32)S5)cc1. The van der Waals surface area contributed by atoms with E-state index >= 15 is 0 Å². The summed E-state index contributed by atoms with van der Waals surface area (Å²) in [6.45, 7) is 0.130. The molecule has 0 aliphatic carbocycles. The van der Waals surface area contributed by atoms with Crippen LogP contribution in [0.4, 0.5) is 0 Å². The van der Waals surface area contributed by atoms with Crippen molar-refractivity contribution >= 4 is 69.7 Å². The maximum Gasteiger partial charge on any atom is 0.253 e. The van der Waals surface area contributed by atoms with E-state index in [2.05, 4.69) is 170 Å². The maximum absolute atomic E-state index is 6.83. The third-order valence-corrected chi connectivity index (χ3v) is 13.6. The Morgan fingerprint density at radius 1 is 0.315 bits per heavy atom. The van der Waals surface area contributed by atoms with Crippen molar-refractivity contribution in [3.8, 4) is 56.4 Å². The van der Waals surface area contributed by atoms with Crippen molar-refractivity contribution in [1.82, 2.24) is 0 Å². The van der Waals surface area contributed by atoms with Gasteiger partial charge in [-0.3, -0.25) is 0 Å². The van der Waals surface area contributed by atoms with Crippen molar-refractivity contribution in [2.24, 2.45) is 0 Å². The minimum Gasteiger partial charge on any atom is -0.458 e. The molecule has 250 valence electrons. The molecular formula is C48H28B2O2S2. The summed E-state index contributed by atoms with van der Waals surface area (Å²) in [5.74, 6) is 3.75. The van der Waals surface area contributed by atoms with Crippen LogP contribution in [0, 0.1) is 0 Å². The van der Waals surface area contributed by atoms with Crippen LogP contribution in [0.5, 0.6) is 23.0 Å². The van der Waals surface area contributed by atoms with Crippen molar-refractivity contribution in [3.05, 3.63) is 170 Å². The topological polar surface area (TPSA) is 18.5 Å². The zero-order valence-electron chi connectivity index (χ0n) is 29.0. The third kappa shape index (κ3) is 4.60. The van der Waals surface area contributed by atoms with Gasteiger partial charge < -0.3 is 9.47 Å². The predicted molar refractivity (Wildman–Crippen MR) is 226 cm³/mol. The maximum atomic E-state index is 6.83. The molecule has 2 nitrogen and oxygen atoms in total.